The highest BCUT2D eigenvalue weighted by Gasteiger charge is 2.29. The third kappa shape index (κ3) is 4.60. The number of aromatic nitrogens is 3. The van der Waals surface area contributed by atoms with Crippen LogP contribution in [0.15, 0.2) is 24.5 Å². The average molecular weight is 391 g/mol. The van der Waals surface area contributed by atoms with Crippen LogP contribution >= 0.6 is 23.6 Å². The first-order valence-electron chi connectivity index (χ1n) is 8.60. The molecule has 1 aliphatic carbocycles. The van der Waals surface area contributed by atoms with Crippen LogP contribution in [0.5, 0.6) is 0 Å². The van der Waals surface area contributed by atoms with Crippen LogP contribution in [0.4, 0.5) is 5.13 Å². The number of hydrogen-bond donors (Lipinski definition) is 3. The summed E-state index contributed by atoms with van der Waals surface area (Å²) in [6, 6.07) is 3.71. The van der Waals surface area contributed by atoms with Crippen molar-refractivity contribution < 1.29 is 4.79 Å². The lowest BCUT2D eigenvalue weighted by atomic mass is 10.0. The normalized spacial score (nSPS) is 20.5. The van der Waals surface area contributed by atoms with Crippen molar-refractivity contribution in [3.63, 3.8) is 0 Å². The standard InChI is InChI=1S/C17H22N6OS2/c1-10(13-3-2-6-19-9-13)15(24)20-17-23-22-16(26-17)12-5-4-11(7-12)8-14(25)21-18/h2-3,6,9-12H,4-5,7-8,18H2,1H3,(H,21,25)(H,20,23,24)/t10-,11-,12+/m1/s1. The molecule has 2 heterocycles. The van der Waals surface area contributed by atoms with E-state index in [1.165, 1.54) is 11.3 Å². The van der Waals surface area contributed by atoms with Crippen molar-refractivity contribution in [2.75, 3.05) is 5.32 Å². The van der Waals surface area contributed by atoms with Crippen molar-refractivity contribution in [2.24, 2.45) is 11.8 Å². The number of nitrogens with one attached hydrogen (secondary N) is 2. The van der Waals surface area contributed by atoms with Crippen LogP contribution in [0.1, 0.15) is 55.0 Å². The first-order chi connectivity index (χ1) is 12.6. The topological polar surface area (TPSA) is 106 Å². The van der Waals surface area contributed by atoms with Gasteiger partial charge in [0.15, 0.2) is 0 Å². The SMILES string of the molecule is C[C@@H](C(=O)Nc1nnc([C@H]2CC[C@@H](CC(=S)NN)C2)s1)c1cccnc1. The Hall–Kier alpha value is -1.97. The molecule has 0 bridgehead atoms. The number of nitrogens with zero attached hydrogens (tertiary/aromatic N) is 3. The van der Waals surface area contributed by atoms with E-state index in [1.807, 2.05) is 19.1 Å². The highest BCUT2D eigenvalue weighted by atomic mass is 32.1. The van der Waals surface area contributed by atoms with E-state index >= 15 is 0 Å². The largest absolute Gasteiger partial charge is 0.318 e. The minimum Gasteiger partial charge on any atom is -0.318 e. The van der Waals surface area contributed by atoms with Crippen LogP contribution in [-0.4, -0.2) is 26.1 Å². The van der Waals surface area contributed by atoms with Gasteiger partial charge in [0.2, 0.25) is 11.0 Å². The van der Waals surface area contributed by atoms with Crippen molar-refractivity contribution in [2.45, 2.75) is 44.4 Å². The van der Waals surface area contributed by atoms with Crippen molar-refractivity contribution >= 4 is 39.6 Å². The summed E-state index contributed by atoms with van der Waals surface area (Å²) in [6.07, 6.45) is 7.40. The molecule has 0 aromatic carbocycles. The Balaban J connectivity index is 1.57. The van der Waals surface area contributed by atoms with Gasteiger partial charge < -0.3 is 10.7 Å². The first kappa shape index (κ1) is 18.8. The molecule has 0 saturated heterocycles. The van der Waals surface area contributed by atoms with Crippen molar-refractivity contribution in [3.05, 3.63) is 35.1 Å². The fourth-order valence-electron chi connectivity index (χ4n) is 3.25. The van der Waals surface area contributed by atoms with Gasteiger partial charge in [-0.15, -0.1) is 10.2 Å². The molecule has 1 fully saturated rings. The van der Waals surface area contributed by atoms with E-state index in [1.54, 1.807) is 12.4 Å². The zero-order chi connectivity index (χ0) is 18.5. The zero-order valence-corrected chi connectivity index (χ0v) is 16.1. The van der Waals surface area contributed by atoms with Crippen LogP contribution in [0.3, 0.4) is 0 Å². The number of carbonyl (C=O) groups is 1. The van der Waals surface area contributed by atoms with E-state index in [0.717, 1.165) is 36.3 Å². The molecule has 3 atom stereocenters. The molecule has 0 radical (unpaired) electrons. The number of amides is 1. The summed E-state index contributed by atoms with van der Waals surface area (Å²) in [4.78, 5) is 17.2. The molecular formula is C17H22N6OS2. The monoisotopic (exact) mass is 390 g/mol. The third-order valence-corrected chi connectivity index (χ3v) is 6.06. The molecule has 7 nitrogen and oxygen atoms in total. The second-order valence-corrected chi connectivity index (χ2v) is 8.09. The van der Waals surface area contributed by atoms with Gasteiger partial charge in [0.1, 0.15) is 5.01 Å². The second-order valence-electron chi connectivity index (χ2n) is 6.59. The maximum Gasteiger partial charge on any atom is 0.233 e. The van der Waals surface area contributed by atoms with Gasteiger partial charge in [0, 0.05) is 24.7 Å². The van der Waals surface area contributed by atoms with Gasteiger partial charge in [-0.1, -0.05) is 29.6 Å². The Morgan fingerprint density at radius 3 is 3.04 bits per heavy atom. The van der Waals surface area contributed by atoms with Gasteiger partial charge >= 0.3 is 0 Å². The maximum absolute atomic E-state index is 12.4. The first-order valence-corrected chi connectivity index (χ1v) is 9.83. The van der Waals surface area contributed by atoms with Crippen molar-refractivity contribution in [1.82, 2.24) is 20.6 Å². The number of hydrazine groups is 1. The van der Waals surface area contributed by atoms with E-state index < -0.39 is 0 Å². The van der Waals surface area contributed by atoms with Crippen LogP contribution in [0.2, 0.25) is 0 Å². The van der Waals surface area contributed by atoms with Crippen LogP contribution in [-0.2, 0) is 4.79 Å². The fraction of sp³-hybridized carbons (Fsp3) is 0.471. The van der Waals surface area contributed by atoms with E-state index in [2.05, 4.69) is 25.9 Å². The van der Waals surface area contributed by atoms with Gasteiger partial charge in [0.25, 0.3) is 0 Å². The van der Waals surface area contributed by atoms with E-state index in [4.69, 9.17) is 18.1 Å². The Bertz CT molecular complexity index is 766. The maximum atomic E-state index is 12.4. The Labute approximate surface area is 161 Å². The molecule has 2 aromatic heterocycles. The predicted octanol–water partition coefficient (Wildman–Crippen LogP) is 2.74. The molecule has 138 valence electrons. The summed E-state index contributed by atoms with van der Waals surface area (Å²) < 4.78 is 0. The summed E-state index contributed by atoms with van der Waals surface area (Å²) >= 11 is 6.60. The number of carbonyl (C=O) groups excluding carboxylic acids is 1. The Morgan fingerprint density at radius 1 is 1.46 bits per heavy atom. The van der Waals surface area contributed by atoms with Crippen LogP contribution < -0.4 is 16.6 Å². The quantitative estimate of drug-likeness (QED) is 0.395. The molecule has 0 unspecified atom stereocenters. The van der Waals surface area contributed by atoms with Gasteiger partial charge in [-0.05, 0) is 43.7 Å². The summed E-state index contributed by atoms with van der Waals surface area (Å²) in [5.74, 6) is 5.85. The molecule has 3 rings (SSSR count). The number of thiocarbonyl (C=S) groups is 1. The summed E-state index contributed by atoms with van der Waals surface area (Å²) in [6.45, 7) is 1.85. The zero-order valence-electron chi connectivity index (χ0n) is 14.5. The lowest BCUT2D eigenvalue weighted by Crippen LogP contribution is -2.29. The minimum absolute atomic E-state index is 0.107. The Kier molecular flexibility index (Phi) is 6.23. The molecule has 1 saturated carbocycles. The van der Waals surface area contributed by atoms with E-state index in [0.29, 0.717) is 22.0 Å². The van der Waals surface area contributed by atoms with Gasteiger partial charge in [-0.2, -0.15) is 0 Å². The lowest BCUT2D eigenvalue weighted by Gasteiger charge is -2.10. The Morgan fingerprint density at radius 2 is 2.31 bits per heavy atom. The molecule has 2 aromatic rings. The number of rotatable bonds is 6. The molecule has 1 aliphatic rings. The third-order valence-electron chi connectivity index (χ3n) is 4.77. The molecule has 0 aliphatic heterocycles. The fourth-order valence-corrected chi connectivity index (χ4v) is 4.38. The van der Waals surface area contributed by atoms with E-state index in [9.17, 15) is 4.79 Å². The predicted molar refractivity (Wildman–Crippen MR) is 106 cm³/mol. The average Bonchev–Trinajstić information content (AvgIpc) is 3.31. The van der Waals surface area contributed by atoms with Crippen LogP contribution in [0, 0.1) is 5.92 Å². The number of pyridine rings is 1. The molecular weight excluding hydrogens is 368 g/mol. The number of anilines is 1. The molecule has 4 N–H and O–H groups in total. The summed E-state index contributed by atoms with van der Waals surface area (Å²) in [5, 5.41) is 12.8. The second kappa shape index (κ2) is 8.61. The molecule has 1 amide bonds. The number of hydrogen-bond acceptors (Lipinski definition) is 7. The highest BCUT2D eigenvalue weighted by Crippen LogP contribution is 2.41. The van der Waals surface area contributed by atoms with Gasteiger partial charge in [-0.3, -0.25) is 15.6 Å². The molecule has 9 heteroatoms. The van der Waals surface area contributed by atoms with Crippen LogP contribution in [0.25, 0.3) is 0 Å². The summed E-state index contributed by atoms with van der Waals surface area (Å²) in [5.41, 5.74) is 3.42. The van der Waals surface area contributed by atoms with Gasteiger partial charge in [-0.25, -0.2) is 0 Å². The molecule has 0 spiro atoms. The smallest absolute Gasteiger partial charge is 0.233 e. The summed E-state index contributed by atoms with van der Waals surface area (Å²) in [7, 11) is 0. The van der Waals surface area contributed by atoms with Gasteiger partial charge in [0.05, 0.1) is 10.9 Å². The van der Waals surface area contributed by atoms with Crippen molar-refractivity contribution in [1.29, 1.82) is 0 Å². The molecule has 26 heavy (non-hydrogen) atoms. The minimum atomic E-state index is -0.295. The number of nitrogens with two attached hydrogens (primary N) is 1. The van der Waals surface area contributed by atoms with E-state index in [-0.39, 0.29) is 11.8 Å². The van der Waals surface area contributed by atoms with Crippen molar-refractivity contribution in [3.8, 4) is 0 Å². The lowest BCUT2D eigenvalue weighted by molar-refractivity contribution is -0.117. The highest BCUT2D eigenvalue weighted by molar-refractivity contribution is 7.80.